The van der Waals surface area contributed by atoms with Crippen LogP contribution in [0.4, 0.5) is 5.00 Å². The number of para-hydroxylation sites is 1. The fourth-order valence-corrected chi connectivity index (χ4v) is 6.77. The summed E-state index contributed by atoms with van der Waals surface area (Å²) in [4.78, 5) is 34.1. The molecule has 3 aromatic heterocycles. The number of nitrogens with zero attached hydrogens (tertiary/aromatic N) is 1. The second kappa shape index (κ2) is 8.72. The molecule has 4 aromatic rings. The smallest absolute Gasteiger partial charge is 0.257 e. The van der Waals surface area contributed by atoms with E-state index in [-0.39, 0.29) is 5.91 Å². The third-order valence-electron chi connectivity index (χ3n) is 6.37. The van der Waals surface area contributed by atoms with Crippen molar-refractivity contribution < 1.29 is 9.59 Å². The van der Waals surface area contributed by atoms with Gasteiger partial charge in [-0.15, -0.1) is 22.7 Å². The molecule has 5 rings (SSSR count). The fraction of sp³-hybridized carbons (Fsp3) is 0.269. The van der Waals surface area contributed by atoms with Crippen LogP contribution in [0.15, 0.2) is 42.5 Å². The number of nitrogens with two attached hydrogens (primary N) is 1. The molecule has 33 heavy (non-hydrogen) atoms. The topological polar surface area (TPSA) is 85.1 Å². The first-order chi connectivity index (χ1) is 15.9. The van der Waals surface area contributed by atoms with E-state index in [2.05, 4.69) is 25.2 Å². The molecule has 0 saturated carbocycles. The van der Waals surface area contributed by atoms with Gasteiger partial charge in [0.25, 0.3) is 11.8 Å². The Morgan fingerprint density at radius 3 is 2.73 bits per heavy atom. The molecule has 1 aliphatic rings. The Morgan fingerprint density at radius 1 is 1.18 bits per heavy atom. The summed E-state index contributed by atoms with van der Waals surface area (Å²) in [5.41, 5.74) is 9.32. The van der Waals surface area contributed by atoms with Crippen molar-refractivity contribution in [2.24, 2.45) is 11.7 Å². The number of rotatable bonds is 5. The van der Waals surface area contributed by atoms with E-state index in [0.29, 0.717) is 22.0 Å². The van der Waals surface area contributed by atoms with Gasteiger partial charge < -0.3 is 11.1 Å². The van der Waals surface area contributed by atoms with Crippen LogP contribution in [0, 0.1) is 12.8 Å². The minimum Gasteiger partial charge on any atom is -0.365 e. The Labute approximate surface area is 200 Å². The number of fused-ring (bicyclic) bond motifs is 2. The number of amides is 2. The number of nitrogens with one attached hydrogen (secondary N) is 1. The number of carbonyl (C=O) groups is 2. The van der Waals surface area contributed by atoms with Gasteiger partial charge in [-0.3, -0.25) is 9.59 Å². The van der Waals surface area contributed by atoms with Crippen molar-refractivity contribution in [2.45, 2.75) is 39.5 Å². The lowest BCUT2D eigenvalue weighted by Gasteiger charge is -2.20. The SMILES string of the molecule is CC[C@@H]1CCc2c(sc(NC(=O)c3cc(-c4ccc(C)s4)nc4ccccc34)c2C(N)=O)C1. The van der Waals surface area contributed by atoms with Gasteiger partial charge in [-0.1, -0.05) is 31.5 Å². The van der Waals surface area contributed by atoms with Crippen LogP contribution in [-0.4, -0.2) is 16.8 Å². The number of hydrogen-bond donors (Lipinski definition) is 2. The Morgan fingerprint density at radius 2 is 2.00 bits per heavy atom. The number of carbonyl (C=O) groups excluding carboxylic acids is 2. The predicted molar refractivity (Wildman–Crippen MR) is 136 cm³/mol. The second-order valence-corrected chi connectivity index (χ2v) is 10.9. The van der Waals surface area contributed by atoms with Crippen molar-refractivity contribution in [3.8, 4) is 10.6 Å². The Kier molecular flexibility index (Phi) is 5.76. The van der Waals surface area contributed by atoms with E-state index in [1.165, 1.54) is 21.1 Å². The summed E-state index contributed by atoms with van der Waals surface area (Å²) < 4.78 is 0. The Balaban J connectivity index is 1.56. The molecule has 0 spiro atoms. The molecular formula is C26H25N3O2S2. The van der Waals surface area contributed by atoms with Gasteiger partial charge in [0.05, 0.1) is 27.2 Å². The van der Waals surface area contributed by atoms with Gasteiger partial charge in [-0.05, 0) is 61.9 Å². The lowest BCUT2D eigenvalue weighted by atomic mass is 9.85. The van der Waals surface area contributed by atoms with Gasteiger partial charge in [0.15, 0.2) is 0 Å². The molecule has 1 aliphatic carbocycles. The van der Waals surface area contributed by atoms with Crippen molar-refractivity contribution in [3.63, 3.8) is 0 Å². The molecule has 3 heterocycles. The van der Waals surface area contributed by atoms with Crippen molar-refractivity contribution in [2.75, 3.05) is 5.32 Å². The highest BCUT2D eigenvalue weighted by Gasteiger charge is 2.28. The van der Waals surface area contributed by atoms with Crippen LogP contribution in [0.2, 0.25) is 0 Å². The van der Waals surface area contributed by atoms with Crippen molar-refractivity contribution >= 4 is 50.4 Å². The molecule has 0 radical (unpaired) electrons. The molecule has 1 aromatic carbocycles. The van der Waals surface area contributed by atoms with E-state index in [4.69, 9.17) is 10.7 Å². The lowest BCUT2D eigenvalue weighted by molar-refractivity contribution is 0.1000. The summed E-state index contributed by atoms with van der Waals surface area (Å²) in [5, 5.41) is 4.37. The van der Waals surface area contributed by atoms with Gasteiger partial charge in [-0.25, -0.2) is 4.98 Å². The van der Waals surface area contributed by atoms with Gasteiger partial charge in [-0.2, -0.15) is 0 Å². The molecule has 7 heteroatoms. The summed E-state index contributed by atoms with van der Waals surface area (Å²) >= 11 is 3.14. The summed E-state index contributed by atoms with van der Waals surface area (Å²) in [5.74, 6) is -0.121. The number of anilines is 1. The molecule has 0 aliphatic heterocycles. The number of pyridine rings is 1. The number of primary amides is 1. The summed E-state index contributed by atoms with van der Waals surface area (Å²) in [6.45, 7) is 4.25. The monoisotopic (exact) mass is 475 g/mol. The van der Waals surface area contributed by atoms with Crippen LogP contribution in [0.5, 0.6) is 0 Å². The summed E-state index contributed by atoms with van der Waals surface area (Å²) in [6.07, 6.45) is 3.93. The van der Waals surface area contributed by atoms with Gasteiger partial charge in [0.2, 0.25) is 0 Å². The zero-order chi connectivity index (χ0) is 23.1. The van der Waals surface area contributed by atoms with Gasteiger partial charge in [0, 0.05) is 15.1 Å². The summed E-state index contributed by atoms with van der Waals surface area (Å²) in [7, 11) is 0. The number of hydrogen-bond acceptors (Lipinski definition) is 5. The molecule has 0 saturated heterocycles. The van der Waals surface area contributed by atoms with E-state index in [1.54, 1.807) is 11.3 Å². The first-order valence-corrected chi connectivity index (χ1v) is 12.8. The molecule has 0 bridgehead atoms. The standard InChI is InChI=1S/C26H25N3O2S2/c1-3-15-9-10-17-22(12-15)33-26(23(17)24(27)30)29-25(31)18-13-20(21-11-8-14(2)32-21)28-19-7-5-4-6-16(18)19/h4-8,11,13,15H,3,9-10,12H2,1-2H3,(H2,27,30)(H,29,31)/t15-/m1/s1. The van der Waals surface area contributed by atoms with E-state index in [0.717, 1.165) is 52.7 Å². The normalized spacial score (nSPS) is 15.4. The Bertz CT molecular complexity index is 1390. The van der Waals surface area contributed by atoms with Crippen molar-refractivity contribution in [3.05, 3.63) is 68.9 Å². The van der Waals surface area contributed by atoms with Crippen LogP contribution in [0.1, 0.15) is 55.8 Å². The third kappa shape index (κ3) is 4.07. The molecule has 3 N–H and O–H groups in total. The first-order valence-electron chi connectivity index (χ1n) is 11.2. The van der Waals surface area contributed by atoms with E-state index in [1.807, 2.05) is 36.4 Å². The predicted octanol–water partition coefficient (Wildman–Crippen LogP) is 6.20. The largest absolute Gasteiger partial charge is 0.365 e. The maximum atomic E-state index is 13.5. The van der Waals surface area contributed by atoms with Crippen LogP contribution in [0.25, 0.3) is 21.5 Å². The first kappa shape index (κ1) is 21.8. The zero-order valence-electron chi connectivity index (χ0n) is 18.6. The molecule has 168 valence electrons. The zero-order valence-corrected chi connectivity index (χ0v) is 20.2. The van der Waals surface area contributed by atoms with Crippen LogP contribution in [0.3, 0.4) is 0 Å². The van der Waals surface area contributed by atoms with E-state index in [9.17, 15) is 9.59 Å². The fourth-order valence-electron chi connectivity index (χ4n) is 4.58. The highest BCUT2D eigenvalue weighted by atomic mass is 32.1. The van der Waals surface area contributed by atoms with Crippen LogP contribution < -0.4 is 11.1 Å². The molecule has 0 fully saturated rings. The maximum absolute atomic E-state index is 13.5. The minimum absolute atomic E-state index is 0.253. The average molecular weight is 476 g/mol. The van der Waals surface area contributed by atoms with E-state index < -0.39 is 5.91 Å². The third-order valence-corrected chi connectivity index (χ3v) is 8.56. The van der Waals surface area contributed by atoms with Crippen LogP contribution in [-0.2, 0) is 12.8 Å². The lowest BCUT2D eigenvalue weighted by Crippen LogP contribution is -2.20. The molecule has 2 amide bonds. The molecule has 1 atom stereocenters. The van der Waals surface area contributed by atoms with Gasteiger partial charge in [0.1, 0.15) is 5.00 Å². The van der Waals surface area contributed by atoms with Crippen molar-refractivity contribution in [1.29, 1.82) is 0 Å². The van der Waals surface area contributed by atoms with Gasteiger partial charge >= 0.3 is 0 Å². The Hall–Kier alpha value is -3.03. The highest BCUT2D eigenvalue weighted by Crippen LogP contribution is 2.40. The second-order valence-electron chi connectivity index (χ2n) is 8.53. The quantitative estimate of drug-likeness (QED) is 0.360. The van der Waals surface area contributed by atoms with Crippen molar-refractivity contribution in [1.82, 2.24) is 4.98 Å². The maximum Gasteiger partial charge on any atom is 0.257 e. The number of thiophene rings is 2. The minimum atomic E-state index is -0.480. The number of aryl methyl sites for hydroxylation is 1. The number of aromatic nitrogens is 1. The highest BCUT2D eigenvalue weighted by molar-refractivity contribution is 7.17. The molecule has 5 nitrogen and oxygen atoms in total. The number of benzene rings is 1. The summed E-state index contributed by atoms with van der Waals surface area (Å²) in [6, 6.07) is 13.6. The molecule has 0 unspecified atom stereocenters. The van der Waals surface area contributed by atoms with E-state index >= 15 is 0 Å². The molecular weight excluding hydrogens is 450 g/mol. The average Bonchev–Trinajstić information content (AvgIpc) is 3.40. The van der Waals surface area contributed by atoms with Crippen LogP contribution >= 0.6 is 22.7 Å².